The van der Waals surface area contributed by atoms with Gasteiger partial charge in [0.15, 0.2) is 0 Å². The van der Waals surface area contributed by atoms with E-state index in [1.807, 2.05) is 0 Å². The van der Waals surface area contributed by atoms with Crippen LogP contribution >= 0.6 is 11.6 Å². The minimum Gasteiger partial charge on any atom is -0.497 e. The van der Waals surface area contributed by atoms with E-state index in [1.165, 1.54) is 44.5 Å². The molecule has 3 aromatic carbocycles. The van der Waals surface area contributed by atoms with Crippen molar-refractivity contribution in [2.75, 3.05) is 18.5 Å². The number of carbonyl (C=O) groups is 2. The van der Waals surface area contributed by atoms with Gasteiger partial charge in [0.05, 0.1) is 28.9 Å². The number of halogens is 1. The minimum absolute atomic E-state index is 0.0373. The largest absolute Gasteiger partial charge is 0.497 e. The van der Waals surface area contributed by atoms with Crippen LogP contribution in [0.15, 0.2) is 71.6 Å². The normalized spacial score (nSPS) is 11.0. The summed E-state index contributed by atoms with van der Waals surface area (Å²) in [5.41, 5.74) is 5.63. The molecule has 10 heteroatoms. The Morgan fingerprint density at radius 3 is 2.31 bits per heavy atom. The molecule has 0 aliphatic carbocycles. The molecule has 3 aromatic rings. The Morgan fingerprint density at radius 1 is 1.00 bits per heavy atom. The van der Waals surface area contributed by atoms with Gasteiger partial charge in [-0.3, -0.25) is 9.10 Å². The van der Waals surface area contributed by atoms with Gasteiger partial charge in [0.25, 0.3) is 15.9 Å². The van der Waals surface area contributed by atoms with Crippen LogP contribution < -0.4 is 19.5 Å². The second kappa shape index (κ2) is 9.29. The van der Waals surface area contributed by atoms with Gasteiger partial charge in [-0.25, -0.2) is 13.2 Å². The van der Waals surface area contributed by atoms with E-state index in [2.05, 4.69) is 0 Å². The number of ether oxygens (including phenoxy) is 2. The van der Waals surface area contributed by atoms with Crippen LogP contribution in [0.4, 0.5) is 5.69 Å². The lowest BCUT2D eigenvalue weighted by Crippen LogP contribution is -2.27. The van der Waals surface area contributed by atoms with Crippen LogP contribution in [-0.4, -0.2) is 34.5 Å². The Hall–Kier alpha value is -3.56. The zero-order valence-corrected chi connectivity index (χ0v) is 18.7. The second-order valence-corrected chi connectivity index (χ2v) is 8.91. The van der Waals surface area contributed by atoms with Gasteiger partial charge in [-0.15, -0.1) is 0 Å². The third kappa shape index (κ3) is 4.68. The van der Waals surface area contributed by atoms with Crippen LogP contribution in [0, 0.1) is 0 Å². The van der Waals surface area contributed by atoms with Crippen LogP contribution in [-0.2, 0) is 10.0 Å². The number of primary amides is 1. The Labute approximate surface area is 190 Å². The lowest BCUT2D eigenvalue weighted by molar-refractivity contribution is 0.0732. The van der Waals surface area contributed by atoms with Crippen molar-refractivity contribution in [3.8, 4) is 11.5 Å². The molecule has 0 aliphatic heterocycles. The number of para-hydroxylation sites is 1. The second-order valence-electron chi connectivity index (χ2n) is 6.57. The first-order valence-electron chi connectivity index (χ1n) is 9.18. The molecular weight excluding hydrogens is 456 g/mol. The number of esters is 1. The van der Waals surface area contributed by atoms with Crippen molar-refractivity contribution in [3.63, 3.8) is 0 Å². The van der Waals surface area contributed by atoms with E-state index < -0.39 is 21.9 Å². The Bertz CT molecular complexity index is 1280. The van der Waals surface area contributed by atoms with Crippen molar-refractivity contribution in [1.29, 1.82) is 0 Å². The summed E-state index contributed by atoms with van der Waals surface area (Å²) in [6, 6.07) is 16.3. The molecule has 32 heavy (non-hydrogen) atoms. The van der Waals surface area contributed by atoms with Crippen LogP contribution in [0.1, 0.15) is 20.7 Å². The fourth-order valence-electron chi connectivity index (χ4n) is 2.83. The first-order valence-corrected chi connectivity index (χ1v) is 11.0. The Kier molecular flexibility index (Phi) is 6.71. The number of anilines is 1. The first-order chi connectivity index (χ1) is 15.1. The van der Waals surface area contributed by atoms with E-state index in [-0.39, 0.29) is 26.8 Å². The van der Waals surface area contributed by atoms with Crippen molar-refractivity contribution in [2.24, 2.45) is 5.73 Å². The van der Waals surface area contributed by atoms with Crippen molar-refractivity contribution in [3.05, 3.63) is 82.9 Å². The summed E-state index contributed by atoms with van der Waals surface area (Å²) in [5, 5.41) is -0.0662. The molecule has 0 atom stereocenters. The lowest BCUT2D eigenvalue weighted by atomic mass is 10.1. The SMILES string of the molecule is COc1ccc(C(N)=O)c(OC(=O)c2ccc(Cl)c(S(=O)(=O)N(C)c3ccccc3)c2)c1. The van der Waals surface area contributed by atoms with Crippen molar-refractivity contribution < 1.29 is 27.5 Å². The zero-order chi connectivity index (χ0) is 23.5. The maximum atomic E-state index is 13.1. The molecule has 0 aliphatic rings. The van der Waals surface area contributed by atoms with E-state index in [0.717, 1.165) is 10.4 Å². The third-order valence-electron chi connectivity index (χ3n) is 4.58. The average Bonchev–Trinajstić information content (AvgIpc) is 2.78. The van der Waals surface area contributed by atoms with Gasteiger partial charge in [0.1, 0.15) is 16.4 Å². The van der Waals surface area contributed by atoms with Gasteiger partial charge in [-0.2, -0.15) is 0 Å². The highest BCUT2D eigenvalue weighted by atomic mass is 35.5. The Balaban J connectivity index is 1.97. The van der Waals surface area contributed by atoms with Crippen LogP contribution in [0.3, 0.4) is 0 Å². The fraction of sp³-hybridized carbons (Fsp3) is 0.0909. The number of amides is 1. The summed E-state index contributed by atoms with van der Waals surface area (Å²) in [4.78, 5) is 24.1. The fourth-order valence-corrected chi connectivity index (χ4v) is 4.52. The summed E-state index contributed by atoms with van der Waals surface area (Å²) in [7, 11) is -1.30. The number of hydrogen-bond acceptors (Lipinski definition) is 6. The number of benzene rings is 3. The van der Waals surface area contributed by atoms with Crippen molar-refractivity contribution >= 4 is 39.2 Å². The summed E-state index contributed by atoms with van der Waals surface area (Å²) < 4.78 is 37.7. The van der Waals surface area contributed by atoms with E-state index in [9.17, 15) is 18.0 Å². The molecule has 0 fully saturated rings. The number of carbonyl (C=O) groups excluding carboxylic acids is 2. The van der Waals surface area contributed by atoms with Gasteiger partial charge in [-0.1, -0.05) is 29.8 Å². The third-order valence-corrected chi connectivity index (χ3v) is 6.85. The van der Waals surface area contributed by atoms with Gasteiger partial charge in [0.2, 0.25) is 0 Å². The van der Waals surface area contributed by atoms with E-state index in [0.29, 0.717) is 11.4 Å². The quantitative estimate of drug-likeness (QED) is 0.414. The smallest absolute Gasteiger partial charge is 0.343 e. The van der Waals surface area contributed by atoms with E-state index in [1.54, 1.807) is 30.3 Å². The summed E-state index contributed by atoms with van der Waals surface area (Å²) in [6.45, 7) is 0. The number of rotatable bonds is 7. The number of sulfonamides is 1. The molecule has 0 radical (unpaired) electrons. The van der Waals surface area contributed by atoms with Crippen molar-refractivity contribution in [1.82, 2.24) is 0 Å². The molecule has 1 amide bonds. The highest BCUT2D eigenvalue weighted by Crippen LogP contribution is 2.30. The van der Waals surface area contributed by atoms with Gasteiger partial charge >= 0.3 is 5.97 Å². The molecule has 0 aromatic heterocycles. The van der Waals surface area contributed by atoms with Gasteiger partial charge < -0.3 is 15.2 Å². The summed E-state index contributed by atoms with van der Waals surface area (Å²) in [6.07, 6.45) is 0. The molecule has 0 bridgehead atoms. The van der Waals surface area contributed by atoms with Crippen LogP contribution in [0.2, 0.25) is 5.02 Å². The molecule has 8 nitrogen and oxygen atoms in total. The number of hydrogen-bond donors (Lipinski definition) is 1. The molecule has 0 saturated carbocycles. The standard InChI is InChI=1S/C22H19ClN2O6S/c1-25(15-6-4-3-5-7-15)32(28,29)20-12-14(8-11-18(20)23)22(27)31-19-13-16(30-2)9-10-17(19)21(24)26/h3-13H,1-2H3,(H2,24,26). The summed E-state index contributed by atoms with van der Waals surface area (Å²) >= 11 is 6.15. The predicted molar refractivity (Wildman–Crippen MR) is 120 cm³/mol. The molecule has 0 saturated heterocycles. The molecule has 3 rings (SSSR count). The monoisotopic (exact) mass is 474 g/mol. The van der Waals surface area contributed by atoms with Crippen LogP contribution in [0.5, 0.6) is 11.5 Å². The van der Waals surface area contributed by atoms with E-state index >= 15 is 0 Å². The molecule has 0 spiro atoms. The maximum Gasteiger partial charge on any atom is 0.343 e. The maximum absolute atomic E-state index is 13.1. The van der Waals surface area contributed by atoms with Gasteiger partial charge in [0, 0.05) is 13.1 Å². The first kappa shape index (κ1) is 23.1. The van der Waals surface area contributed by atoms with Crippen molar-refractivity contribution in [2.45, 2.75) is 4.90 Å². The highest BCUT2D eigenvalue weighted by molar-refractivity contribution is 7.93. The highest BCUT2D eigenvalue weighted by Gasteiger charge is 2.26. The number of nitrogens with two attached hydrogens (primary N) is 1. The predicted octanol–water partition coefficient (Wildman–Crippen LogP) is 3.49. The molecule has 166 valence electrons. The molecule has 0 heterocycles. The molecule has 2 N–H and O–H groups in total. The minimum atomic E-state index is -4.08. The average molecular weight is 475 g/mol. The van der Waals surface area contributed by atoms with Crippen LogP contribution in [0.25, 0.3) is 0 Å². The molecular formula is C22H19ClN2O6S. The number of nitrogens with zero attached hydrogens (tertiary/aromatic N) is 1. The zero-order valence-electron chi connectivity index (χ0n) is 17.1. The lowest BCUT2D eigenvalue weighted by Gasteiger charge is -2.20. The topological polar surface area (TPSA) is 116 Å². The molecule has 0 unspecified atom stereocenters. The van der Waals surface area contributed by atoms with Gasteiger partial charge in [-0.05, 0) is 42.5 Å². The van der Waals surface area contributed by atoms with E-state index in [4.69, 9.17) is 26.8 Å². The summed E-state index contributed by atoms with van der Waals surface area (Å²) in [5.74, 6) is -1.50. The number of methoxy groups -OCH3 is 1. The Morgan fingerprint density at radius 2 is 1.69 bits per heavy atom.